The Bertz CT molecular complexity index is 399. The number of hydrogen-bond acceptors (Lipinski definition) is 4. The van der Waals surface area contributed by atoms with E-state index in [4.69, 9.17) is 5.11 Å². The topological polar surface area (TPSA) is 77.4 Å². The molecule has 0 fully saturated rings. The molecule has 0 amide bonds. The maximum Gasteiger partial charge on any atom is 1.00 e. The molecule has 0 aromatic heterocycles. The molecule has 0 atom stereocenters. The molecule has 0 bridgehead atoms. The predicted molar refractivity (Wildman–Crippen MR) is 40.8 cm³/mol. The molecule has 6 heteroatoms. The van der Waals surface area contributed by atoms with Crippen molar-refractivity contribution in [1.29, 1.82) is 0 Å². The number of hydrogen-bond donors (Lipinski definition) is 1. The summed E-state index contributed by atoms with van der Waals surface area (Å²) in [7, 11) is -4.55. The molecule has 0 heterocycles. The number of aromatic hydroxyl groups is 1. The Morgan fingerprint density at radius 3 is 2.31 bits per heavy atom. The Labute approximate surface area is 119 Å². The van der Waals surface area contributed by atoms with Gasteiger partial charge in [0.25, 0.3) is 0 Å². The molecular weight excluding hydrogens is 219 g/mol. The fourth-order valence-corrected chi connectivity index (χ4v) is 1.39. The quantitative estimate of drug-likeness (QED) is 0.428. The van der Waals surface area contributed by atoms with Crippen LogP contribution in [0.25, 0.3) is 0 Å². The van der Waals surface area contributed by atoms with Crippen LogP contribution in [0.2, 0.25) is 0 Å². The molecule has 0 unspecified atom stereocenters. The minimum atomic E-state index is -4.55. The summed E-state index contributed by atoms with van der Waals surface area (Å²) < 4.78 is 31.3. The van der Waals surface area contributed by atoms with Crippen molar-refractivity contribution in [3.63, 3.8) is 0 Å². The van der Waals surface area contributed by atoms with Crippen molar-refractivity contribution in [2.45, 2.75) is 11.8 Å². The van der Waals surface area contributed by atoms with Crippen molar-refractivity contribution in [3.8, 4) is 5.75 Å². The molecule has 0 aliphatic rings. The first-order valence-corrected chi connectivity index (χ1v) is 4.57. The molecule has 1 aromatic rings. The predicted octanol–water partition coefficient (Wildman–Crippen LogP) is -2.39. The van der Waals surface area contributed by atoms with Gasteiger partial charge in [-0.25, -0.2) is 8.42 Å². The van der Waals surface area contributed by atoms with Crippen LogP contribution in [-0.4, -0.2) is 18.1 Å². The standard InChI is InChI=1S/C7H8O4S.K/c1-5-2-3-7(6(8)4-5)12(9,10)11;/h2-4,8H,1H3,(H,9,10,11);/q;+1/p-1. The van der Waals surface area contributed by atoms with Gasteiger partial charge in [0.2, 0.25) is 0 Å². The zero-order valence-electron chi connectivity index (χ0n) is 7.31. The van der Waals surface area contributed by atoms with E-state index < -0.39 is 20.8 Å². The average molecular weight is 226 g/mol. The van der Waals surface area contributed by atoms with Crippen LogP contribution < -0.4 is 51.4 Å². The van der Waals surface area contributed by atoms with E-state index in [2.05, 4.69) is 0 Å². The molecule has 0 aliphatic heterocycles. The molecule has 0 saturated carbocycles. The van der Waals surface area contributed by atoms with Gasteiger partial charge in [0.05, 0.1) is 4.90 Å². The molecule has 0 saturated heterocycles. The normalized spacial score (nSPS) is 10.6. The van der Waals surface area contributed by atoms with E-state index in [1.54, 1.807) is 6.92 Å². The third kappa shape index (κ3) is 3.66. The van der Waals surface area contributed by atoms with Crippen molar-refractivity contribution in [3.05, 3.63) is 23.8 Å². The van der Waals surface area contributed by atoms with Crippen LogP contribution in [0.5, 0.6) is 5.75 Å². The largest absolute Gasteiger partial charge is 1.00 e. The first kappa shape index (κ1) is 13.6. The number of phenols is 1. The molecule has 66 valence electrons. The van der Waals surface area contributed by atoms with Crippen molar-refractivity contribution in [2.24, 2.45) is 0 Å². The van der Waals surface area contributed by atoms with Crippen molar-refractivity contribution >= 4 is 10.1 Å². The van der Waals surface area contributed by atoms with Gasteiger partial charge >= 0.3 is 51.4 Å². The van der Waals surface area contributed by atoms with Crippen LogP contribution in [0.4, 0.5) is 0 Å². The second kappa shape index (κ2) is 4.88. The van der Waals surface area contributed by atoms with E-state index in [1.807, 2.05) is 0 Å². The first-order chi connectivity index (χ1) is 5.41. The number of benzene rings is 1. The molecule has 0 aliphatic carbocycles. The van der Waals surface area contributed by atoms with Crippen LogP contribution in [-0.2, 0) is 10.1 Å². The van der Waals surface area contributed by atoms with Crippen molar-refractivity contribution in [2.75, 3.05) is 0 Å². The van der Waals surface area contributed by atoms with Crippen LogP contribution in [0.1, 0.15) is 5.56 Å². The first-order valence-electron chi connectivity index (χ1n) is 3.17. The Hall–Kier alpha value is 0.566. The summed E-state index contributed by atoms with van der Waals surface area (Å²) in [6.07, 6.45) is 0. The van der Waals surface area contributed by atoms with Gasteiger partial charge in [-0.2, -0.15) is 0 Å². The number of phenolic OH excluding ortho intramolecular Hbond substituents is 1. The van der Waals surface area contributed by atoms with E-state index in [0.29, 0.717) is 5.56 Å². The van der Waals surface area contributed by atoms with E-state index >= 15 is 0 Å². The van der Waals surface area contributed by atoms with Gasteiger partial charge in [-0.1, -0.05) is 6.07 Å². The minimum Gasteiger partial charge on any atom is -0.744 e. The molecule has 1 aromatic carbocycles. The molecule has 4 nitrogen and oxygen atoms in total. The summed E-state index contributed by atoms with van der Waals surface area (Å²) in [6.45, 7) is 1.68. The average Bonchev–Trinajstić information content (AvgIpc) is 1.83. The number of aryl methyl sites for hydroxylation is 1. The van der Waals surface area contributed by atoms with E-state index in [-0.39, 0.29) is 51.4 Å². The van der Waals surface area contributed by atoms with E-state index in [1.165, 1.54) is 12.1 Å². The molecule has 1 rings (SSSR count). The summed E-state index contributed by atoms with van der Waals surface area (Å²) in [5, 5.41) is 9.05. The minimum absolute atomic E-state index is 0. The molecule has 0 radical (unpaired) electrons. The van der Waals surface area contributed by atoms with Crippen LogP contribution in [0, 0.1) is 6.92 Å². The van der Waals surface area contributed by atoms with Gasteiger partial charge < -0.3 is 9.66 Å². The van der Waals surface area contributed by atoms with Gasteiger partial charge in [0.15, 0.2) is 0 Å². The second-order valence-electron chi connectivity index (χ2n) is 2.43. The van der Waals surface area contributed by atoms with Crippen LogP contribution >= 0.6 is 0 Å². The zero-order valence-corrected chi connectivity index (χ0v) is 11.3. The van der Waals surface area contributed by atoms with Gasteiger partial charge in [-0.3, -0.25) is 0 Å². The van der Waals surface area contributed by atoms with Crippen LogP contribution in [0.3, 0.4) is 0 Å². The van der Waals surface area contributed by atoms with Gasteiger partial charge in [-0.15, -0.1) is 0 Å². The fourth-order valence-electron chi connectivity index (χ4n) is 0.839. The smallest absolute Gasteiger partial charge is 0.744 e. The summed E-state index contributed by atoms with van der Waals surface area (Å²) in [5.41, 5.74) is 0.694. The molecule has 0 spiro atoms. The fraction of sp³-hybridized carbons (Fsp3) is 0.143. The monoisotopic (exact) mass is 226 g/mol. The Balaban J connectivity index is 0.00000144. The third-order valence-electron chi connectivity index (χ3n) is 1.38. The maximum atomic E-state index is 10.4. The van der Waals surface area contributed by atoms with E-state index in [0.717, 1.165) is 6.07 Å². The Morgan fingerprint density at radius 2 is 1.92 bits per heavy atom. The third-order valence-corrected chi connectivity index (χ3v) is 2.27. The molecule has 1 N–H and O–H groups in total. The van der Waals surface area contributed by atoms with Gasteiger partial charge in [0.1, 0.15) is 15.9 Å². The summed E-state index contributed by atoms with van der Waals surface area (Å²) in [6, 6.07) is 3.77. The van der Waals surface area contributed by atoms with Gasteiger partial charge in [-0.05, 0) is 24.6 Å². The SMILES string of the molecule is Cc1ccc(S(=O)(=O)[O-])c(O)c1.[K+]. The molecule has 13 heavy (non-hydrogen) atoms. The van der Waals surface area contributed by atoms with Crippen molar-refractivity contribution in [1.82, 2.24) is 0 Å². The second-order valence-corrected chi connectivity index (χ2v) is 3.77. The Morgan fingerprint density at radius 1 is 1.38 bits per heavy atom. The molecular formula is C7H7KO4S. The summed E-state index contributed by atoms with van der Waals surface area (Å²) in [5.74, 6) is -0.495. The number of rotatable bonds is 1. The zero-order chi connectivity index (χ0) is 9.35. The van der Waals surface area contributed by atoms with Crippen molar-refractivity contribution < 1.29 is 69.5 Å². The van der Waals surface area contributed by atoms with E-state index in [9.17, 15) is 13.0 Å². The summed E-state index contributed by atoms with van der Waals surface area (Å²) >= 11 is 0. The Kier molecular flexibility index (Phi) is 5.09. The maximum absolute atomic E-state index is 10.4. The summed E-state index contributed by atoms with van der Waals surface area (Å²) in [4.78, 5) is -0.576. The van der Waals surface area contributed by atoms with Gasteiger partial charge in [0, 0.05) is 0 Å². The van der Waals surface area contributed by atoms with Crippen LogP contribution in [0.15, 0.2) is 23.1 Å².